The number of aromatic nitrogens is 1. The van der Waals surface area contributed by atoms with Crippen LogP contribution in [0.3, 0.4) is 0 Å². The molecule has 1 N–H and O–H groups in total. The molecule has 0 aliphatic carbocycles. The molecule has 1 amide bonds. The van der Waals surface area contributed by atoms with Crippen molar-refractivity contribution in [3.05, 3.63) is 36.0 Å². The first-order valence-corrected chi connectivity index (χ1v) is 9.74. The fraction of sp³-hybridized carbons (Fsp3) is 0.476. The number of anilines is 1. The lowest BCUT2D eigenvalue weighted by Gasteiger charge is -2.42. The first kappa shape index (κ1) is 18.7. The normalized spacial score (nSPS) is 26.1. The van der Waals surface area contributed by atoms with E-state index in [1.54, 1.807) is 6.20 Å². The maximum absolute atomic E-state index is 11.8. The summed E-state index contributed by atoms with van der Waals surface area (Å²) in [4.78, 5) is 20.7. The molecule has 1 aromatic heterocycles. The molecular weight excluding hydrogens is 354 g/mol. The summed E-state index contributed by atoms with van der Waals surface area (Å²) >= 11 is 0. The van der Waals surface area contributed by atoms with Crippen LogP contribution >= 0.6 is 0 Å². The number of carbonyl (C=O) groups excluding carboxylic acids is 1. The first-order chi connectivity index (χ1) is 13.5. The predicted molar refractivity (Wildman–Crippen MR) is 107 cm³/mol. The Labute approximate surface area is 164 Å². The lowest BCUT2D eigenvalue weighted by molar-refractivity contribution is -0.126. The Bertz CT molecular complexity index is 925. The predicted octanol–water partition coefficient (Wildman–Crippen LogP) is 1.52. The minimum Gasteiger partial charge on any atom is -0.370 e. The van der Waals surface area contributed by atoms with E-state index >= 15 is 0 Å². The Morgan fingerprint density at radius 3 is 3.00 bits per heavy atom. The van der Waals surface area contributed by atoms with Crippen LogP contribution in [-0.4, -0.2) is 66.8 Å². The SMILES string of the molecule is C[C@@H]1CN(c2ccc(C#N)c3ncccc23)C[C@H](CN2CC(=O)NC[C@@H]2C)O1. The van der Waals surface area contributed by atoms with E-state index < -0.39 is 0 Å². The summed E-state index contributed by atoms with van der Waals surface area (Å²) in [5, 5.41) is 13.3. The Morgan fingerprint density at radius 1 is 1.32 bits per heavy atom. The summed E-state index contributed by atoms with van der Waals surface area (Å²) < 4.78 is 6.20. The largest absolute Gasteiger partial charge is 0.370 e. The minimum atomic E-state index is 0.0134. The van der Waals surface area contributed by atoms with Gasteiger partial charge in [-0.05, 0) is 38.1 Å². The third-order valence-corrected chi connectivity index (χ3v) is 5.54. The maximum atomic E-state index is 11.8. The number of rotatable bonds is 3. The molecule has 146 valence electrons. The van der Waals surface area contributed by atoms with Crippen molar-refractivity contribution < 1.29 is 9.53 Å². The molecule has 2 aromatic rings. The van der Waals surface area contributed by atoms with Gasteiger partial charge in [0.05, 0.1) is 29.8 Å². The van der Waals surface area contributed by atoms with Crippen LogP contribution in [0.4, 0.5) is 5.69 Å². The first-order valence-electron chi connectivity index (χ1n) is 9.74. The third kappa shape index (κ3) is 3.66. The molecule has 0 spiro atoms. The molecule has 28 heavy (non-hydrogen) atoms. The number of fused-ring (bicyclic) bond motifs is 1. The molecule has 2 saturated heterocycles. The highest BCUT2D eigenvalue weighted by molar-refractivity contribution is 5.95. The van der Waals surface area contributed by atoms with E-state index in [4.69, 9.17) is 4.74 Å². The van der Waals surface area contributed by atoms with Crippen molar-refractivity contribution in [2.45, 2.75) is 32.1 Å². The highest BCUT2D eigenvalue weighted by Crippen LogP contribution is 2.30. The van der Waals surface area contributed by atoms with Gasteiger partial charge in [-0.1, -0.05) is 0 Å². The molecule has 0 bridgehead atoms. The number of hydrogen-bond acceptors (Lipinski definition) is 6. The summed E-state index contributed by atoms with van der Waals surface area (Å²) in [6, 6.07) is 10.3. The molecule has 0 unspecified atom stereocenters. The number of pyridine rings is 1. The van der Waals surface area contributed by atoms with Gasteiger partial charge in [-0.15, -0.1) is 0 Å². The highest BCUT2D eigenvalue weighted by Gasteiger charge is 2.31. The topological polar surface area (TPSA) is 81.5 Å². The molecule has 4 rings (SSSR count). The number of benzene rings is 1. The zero-order chi connectivity index (χ0) is 19.7. The molecule has 3 atom stereocenters. The van der Waals surface area contributed by atoms with Gasteiger partial charge in [-0.3, -0.25) is 14.7 Å². The van der Waals surface area contributed by atoms with Crippen LogP contribution in [0.25, 0.3) is 10.9 Å². The molecule has 7 heteroatoms. The van der Waals surface area contributed by atoms with E-state index in [0.717, 1.165) is 36.2 Å². The summed E-state index contributed by atoms with van der Waals surface area (Å²) in [6.07, 6.45) is 1.81. The van der Waals surface area contributed by atoms with Crippen molar-refractivity contribution in [3.8, 4) is 6.07 Å². The van der Waals surface area contributed by atoms with Crippen LogP contribution in [0, 0.1) is 11.3 Å². The van der Waals surface area contributed by atoms with Gasteiger partial charge in [0.25, 0.3) is 0 Å². The number of nitriles is 1. The van der Waals surface area contributed by atoms with Gasteiger partial charge >= 0.3 is 0 Å². The standard InChI is InChI=1S/C21H25N5O2/c1-14-9-24-20(27)13-25(14)11-17-12-26(10-15(2)28-17)19-6-5-16(8-22)21-18(19)4-3-7-23-21/h3-7,14-15,17H,9-13H2,1-2H3,(H,24,27)/t14-,15+,17-/m0/s1. The minimum absolute atomic E-state index is 0.0134. The van der Waals surface area contributed by atoms with Crippen molar-refractivity contribution in [2.75, 3.05) is 37.6 Å². The van der Waals surface area contributed by atoms with Crippen LogP contribution in [0.15, 0.2) is 30.5 Å². The van der Waals surface area contributed by atoms with Gasteiger partial charge in [0.15, 0.2) is 0 Å². The quantitative estimate of drug-likeness (QED) is 0.871. The number of piperazine rings is 1. The fourth-order valence-electron chi connectivity index (χ4n) is 4.16. The van der Waals surface area contributed by atoms with E-state index in [-0.39, 0.29) is 18.1 Å². The zero-order valence-electron chi connectivity index (χ0n) is 16.3. The maximum Gasteiger partial charge on any atom is 0.234 e. The molecular formula is C21H25N5O2. The number of carbonyl (C=O) groups is 1. The van der Waals surface area contributed by atoms with E-state index in [9.17, 15) is 10.1 Å². The van der Waals surface area contributed by atoms with Crippen LogP contribution in [0.2, 0.25) is 0 Å². The monoisotopic (exact) mass is 379 g/mol. The van der Waals surface area contributed by atoms with Crippen molar-refractivity contribution in [1.82, 2.24) is 15.2 Å². The molecule has 1 aromatic carbocycles. The van der Waals surface area contributed by atoms with Gasteiger partial charge in [0.1, 0.15) is 6.07 Å². The molecule has 0 saturated carbocycles. The van der Waals surface area contributed by atoms with E-state index in [1.807, 2.05) is 24.3 Å². The Balaban J connectivity index is 1.58. The van der Waals surface area contributed by atoms with E-state index in [1.165, 1.54) is 0 Å². The Hall–Kier alpha value is -2.69. The van der Waals surface area contributed by atoms with Crippen molar-refractivity contribution >= 4 is 22.5 Å². The second-order valence-electron chi connectivity index (χ2n) is 7.70. The Morgan fingerprint density at radius 2 is 2.18 bits per heavy atom. The molecule has 3 heterocycles. The molecule has 0 radical (unpaired) electrons. The number of hydrogen-bond donors (Lipinski definition) is 1. The summed E-state index contributed by atoms with van der Waals surface area (Å²) in [5.74, 6) is 0.0722. The lowest BCUT2D eigenvalue weighted by Crippen LogP contribution is -2.58. The van der Waals surface area contributed by atoms with Gasteiger partial charge in [0.2, 0.25) is 5.91 Å². The lowest BCUT2D eigenvalue weighted by atomic mass is 10.1. The number of nitrogens with one attached hydrogen (secondary N) is 1. The summed E-state index contributed by atoms with van der Waals surface area (Å²) in [7, 11) is 0. The van der Waals surface area contributed by atoms with Crippen molar-refractivity contribution in [3.63, 3.8) is 0 Å². The smallest absolute Gasteiger partial charge is 0.234 e. The number of amides is 1. The molecule has 2 aliphatic heterocycles. The van der Waals surface area contributed by atoms with Crippen LogP contribution in [0.1, 0.15) is 19.4 Å². The van der Waals surface area contributed by atoms with Crippen molar-refractivity contribution in [1.29, 1.82) is 5.26 Å². The highest BCUT2D eigenvalue weighted by atomic mass is 16.5. The molecule has 7 nitrogen and oxygen atoms in total. The average Bonchev–Trinajstić information content (AvgIpc) is 2.69. The van der Waals surface area contributed by atoms with Crippen LogP contribution in [-0.2, 0) is 9.53 Å². The Kier molecular flexibility index (Phi) is 5.16. The van der Waals surface area contributed by atoms with E-state index in [2.05, 4.69) is 40.0 Å². The van der Waals surface area contributed by atoms with Gasteiger partial charge in [0, 0.05) is 49.5 Å². The number of ether oxygens (including phenoxy) is 1. The summed E-state index contributed by atoms with van der Waals surface area (Å²) in [5.41, 5.74) is 2.40. The molecule has 2 fully saturated rings. The van der Waals surface area contributed by atoms with Gasteiger partial charge in [-0.25, -0.2) is 0 Å². The third-order valence-electron chi connectivity index (χ3n) is 5.54. The van der Waals surface area contributed by atoms with Crippen LogP contribution in [0.5, 0.6) is 0 Å². The average molecular weight is 379 g/mol. The zero-order valence-corrected chi connectivity index (χ0v) is 16.3. The van der Waals surface area contributed by atoms with E-state index in [0.29, 0.717) is 24.7 Å². The van der Waals surface area contributed by atoms with Crippen molar-refractivity contribution in [2.24, 2.45) is 0 Å². The molecule has 2 aliphatic rings. The van der Waals surface area contributed by atoms with Gasteiger partial charge < -0.3 is 15.0 Å². The number of morpholine rings is 1. The summed E-state index contributed by atoms with van der Waals surface area (Å²) in [6.45, 7) is 7.55. The fourth-order valence-corrected chi connectivity index (χ4v) is 4.16. The second kappa shape index (κ2) is 7.74. The van der Waals surface area contributed by atoms with Crippen LogP contribution < -0.4 is 10.2 Å². The second-order valence-corrected chi connectivity index (χ2v) is 7.70. The van der Waals surface area contributed by atoms with Gasteiger partial charge in [-0.2, -0.15) is 5.26 Å². The number of nitrogens with zero attached hydrogens (tertiary/aromatic N) is 4.